The van der Waals surface area contributed by atoms with Crippen molar-refractivity contribution >= 4 is 23.1 Å². The van der Waals surface area contributed by atoms with Gasteiger partial charge in [0.25, 0.3) is 11.6 Å². The van der Waals surface area contributed by atoms with Crippen molar-refractivity contribution in [3.05, 3.63) is 52.2 Å². The number of nitrogens with two attached hydrogens (primary N) is 1. The number of nitro groups is 1. The molecule has 0 unspecified atom stereocenters. The third-order valence-corrected chi connectivity index (χ3v) is 2.23. The van der Waals surface area contributed by atoms with Crippen LogP contribution in [0.15, 0.2) is 36.4 Å². The van der Waals surface area contributed by atoms with Gasteiger partial charge in [-0.1, -0.05) is 6.07 Å². The van der Waals surface area contributed by atoms with E-state index in [4.69, 9.17) is 5.73 Å². The van der Waals surface area contributed by atoms with E-state index in [2.05, 4.69) is 15.5 Å². The second kappa shape index (κ2) is 5.08. The Kier molecular flexibility index (Phi) is 3.33. The first-order chi connectivity index (χ1) is 9.06. The first-order valence-corrected chi connectivity index (χ1v) is 5.21. The number of nitrogens with zero attached hydrogens (tertiary/aromatic N) is 3. The van der Waals surface area contributed by atoms with Crippen LogP contribution in [0.3, 0.4) is 0 Å². The van der Waals surface area contributed by atoms with Gasteiger partial charge < -0.3 is 11.1 Å². The Bertz CT molecular complexity index is 626. The van der Waals surface area contributed by atoms with E-state index >= 15 is 0 Å². The summed E-state index contributed by atoms with van der Waals surface area (Å²) in [4.78, 5) is 21.8. The molecule has 0 spiro atoms. The third kappa shape index (κ3) is 3.00. The van der Waals surface area contributed by atoms with E-state index in [1.165, 1.54) is 36.4 Å². The molecule has 96 valence electrons. The van der Waals surface area contributed by atoms with Crippen molar-refractivity contribution < 1.29 is 9.72 Å². The number of carbonyl (C=O) groups excluding carboxylic acids is 1. The molecule has 2 rings (SSSR count). The first kappa shape index (κ1) is 12.4. The van der Waals surface area contributed by atoms with Crippen molar-refractivity contribution in [3.8, 4) is 0 Å². The van der Waals surface area contributed by atoms with Gasteiger partial charge in [0, 0.05) is 17.8 Å². The van der Waals surface area contributed by atoms with E-state index in [0.29, 0.717) is 5.69 Å². The van der Waals surface area contributed by atoms with E-state index in [-0.39, 0.29) is 17.2 Å². The lowest BCUT2D eigenvalue weighted by Crippen LogP contribution is -2.14. The molecule has 8 nitrogen and oxygen atoms in total. The Balaban J connectivity index is 2.17. The molecule has 19 heavy (non-hydrogen) atoms. The molecule has 0 atom stereocenters. The van der Waals surface area contributed by atoms with Gasteiger partial charge in [0.2, 0.25) is 0 Å². The number of nitrogens with one attached hydrogen (secondary N) is 1. The molecule has 0 aliphatic rings. The van der Waals surface area contributed by atoms with Crippen LogP contribution in [0.2, 0.25) is 0 Å². The van der Waals surface area contributed by atoms with E-state index in [9.17, 15) is 14.9 Å². The number of benzene rings is 1. The lowest BCUT2D eigenvalue weighted by atomic mass is 10.2. The summed E-state index contributed by atoms with van der Waals surface area (Å²) in [5.41, 5.74) is 5.62. The summed E-state index contributed by atoms with van der Waals surface area (Å²) in [7, 11) is 0. The zero-order valence-electron chi connectivity index (χ0n) is 9.61. The average molecular weight is 259 g/mol. The highest BCUT2D eigenvalue weighted by atomic mass is 16.6. The van der Waals surface area contributed by atoms with Crippen molar-refractivity contribution in [1.82, 2.24) is 10.2 Å². The second-order valence-corrected chi connectivity index (χ2v) is 3.61. The number of nitrogen functional groups attached to an aromatic ring is 1. The van der Waals surface area contributed by atoms with Crippen molar-refractivity contribution in [1.29, 1.82) is 0 Å². The molecule has 8 heteroatoms. The zero-order valence-corrected chi connectivity index (χ0v) is 9.61. The van der Waals surface area contributed by atoms with Crippen LogP contribution < -0.4 is 11.1 Å². The maximum Gasteiger partial charge on any atom is 0.276 e. The molecule has 1 aromatic carbocycles. The summed E-state index contributed by atoms with van der Waals surface area (Å²) in [6.45, 7) is 0. The molecular formula is C11H9N5O3. The van der Waals surface area contributed by atoms with Gasteiger partial charge in [-0.15, -0.1) is 10.2 Å². The highest BCUT2D eigenvalue weighted by Gasteiger charge is 2.11. The van der Waals surface area contributed by atoms with Crippen molar-refractivity contribution in [2.45, 2.75) is 0 Å². The molecule has 0 radical (unpaired) electrons. The minimum absolute atomic E-state index is 0.0701. The number of nitro benzene ring substituents is 1. The number of rotatable bonds is 3. The Labute approximate surface area is 107 Å². The summed E-state index contributed by atoms with van der Waals surface area (Å²) >= 11 is 0. The molecule has 0 bridgehead atoms. The molecule has 0 saturated carbocycles. The number of hydrogen-bond donors (Lipinski definition) is 2. The molecular weight excluding hydrogens is 250 g/mol. The molecule has 2 aromatic rings. The SMILES string of the molecule is Nc1ccc(C(=O)Nc2cccc([N+](=O)[O-])c2)nn1. The van der Waals surface area contributed by atoms with Crippen molar-refractivity contribution in [2.75, 3.05) is 11.1 Å². The molecule has 1 amide bonds. The van der Waals surface area contributed by atoms with Gasteiger partial charge in [0.05, 0.1) is 4.92 Å². The van der Waals surface area contributed by atoms with Crippen LogP contribution in [0.25, 0.3) is 0 Å². The first-order valence-electron chi connectivity index (χ1n) is 5.21. The summed E-state index contributed by atoms with van der Waals surface area (Å²) in [5, 5.41) is 20.2. The van der Waals surface area contributed by atoms with E-state index in [1.54, 1.807) is 0 Å². The van der Waals surface area contributed by atoms with Crippen LogP contribution in [0.1, 0.15) is 10.5 Å². The summed E-state index contributed by atoms with van der Waals surface area (Å²) in [6.07, 6.45) is 0. The largest absolute Gasteiger partial charge is 0.382 e. The predicted molar refractivity (Wildman–Crippen MR) is 67.5 cm³/mol. The Morgan fingerprint density at radius 1 is 1.26 bits per heavy atom. The monoisotopic (exact) mass is 259 g/mol. The van der Waals surface area contributed by atoms with Crippen LogP contribution in [0.4, 0.5) is 17.2 Å². The van der Waals surface area contributed by atoms with Gasteiger partial charge in [-0.05, 0) is 18.2 Å². The normalized spacial score (nSPS) is 9.89. The topological polar surface area (TPSA) is 124 Å². The Hall–Kier alpha value is -3.03. The summed E-state index contributed by atoms with van der Waals surface area (Å²) in [6, 6.07) is 8.45. The van der Waals surface area contributed by atoms with E-state index in [1.807, 2.05) is 0 Å². The van der Waals surface area contributed by atoms with Crippen molar-refractivity contribution in [2.24, 2.45) is 0 Å². The summed E-state index contributed by atoms with van der Waals surface area (Å²) in [5.74, 6) is -0.320. The van der Waals surface area contributed by atoms with Crippen LogP contribution in [0.5, 0.6) is 0 Å². The van der Waals surface area contributed by atoms with Crippen LogP contribution >= 0.6 is 0 Å². The minimum Gasteiger partial charge on any atom is -0.382 e. The van der Waals surface area contributed by atoms with Crippen LogP contribution in [-0.4, -0.2) is 21.0 Å². The zero-order chi connectivity index (χ0) is 13.8. The minimum atomic E-state index is -0.543. The fraction of sp³-hybridized carbons (Fsp3) is 0. The standard InChI is InChI=1S/C11H9N5O3/c12-10-5-4-9(14-15-10)11(17)13-7-2-1-3-8(6-7)16(18)19/h1-6H,(H2,12,15)(H,13,17). The predicted octanol–water partition coefficient (Wildman–Crippen LogP) is 1.22. The van der Waals surface area contributed by atoms with E-state index < -0.39 is 10.8 Å². The second-order valence-electron chi connectivity index (χ2n) is 3.61. The molecule has 3 N–H and O–H groups in total. The van der Waals surface area contributed by atoms with E-state index in [0.717, 1.165) is 0 Å². The van der Waals surface area contributed by atoms with Crippen molar-refractivity contribution in [3.63, 3.8) is 0 Å². The lowest BCUT2D eigenvalue weighted by Gasteiger charge is -2.03. The highest BCUT2D eigenvalue weighted by Crippen LogP contribution is 2.17. The number of carbonyl (C=O) groups is 1. The fourth-order valence-electron chi connectivity index (χ4n) is 1.36. The van der Waals surface area contributed by atoms with Gasteiger partial charge in [0.15, 0.2) is 5.69 Å². The van der Waals surface area contributed by atoms with Gasteiger partial charge >= 0.3 is 0 Å². The third-order valence-electron chi connectivity index (χ3n) is 2.23. The highest BCUT2D eigenvalue weighted by molar-refractivity contribution is 6.02. The molecule has 1 heterocycles. The number of hydrogen-bond acceptors (Lipinski definition) is 6. The van der Waals surface area contributed by atoms with Gasteiger partial charge in [-0.2, -0.15) is 0 Å². The van der Waals surface area contributed by atoms with Crippen LogP contribution in [-0.2, 0) is 0 Å². The average Bonchev–Trinajstić information content (AvgIpc) is 2.39. The fourth-order valence-corrected chi connectivity index (χ4v) is 1.36. The number of anilines is 2. The Morgan fingerprint density at radius 2 is 2.05 bits per heavy atom. The maximum absolute atomic E-state index is 11.8. The van der Waals surface area contributed by atoms with Crippen LogP contribution in [0, 0.1) is 10.1 Å². The molecule has 0 aliphatic carbocycles. The lowest BCUT2D eigenvalue weighted by molar-refractivity contribution is -0.384. The van der Waals surface area contributed by atoms with Gasteiger partial charge in [0.1, 0.15) is 5.82 Å². The molecule has 0 saturated heterocycles. The Morgan fingerprint density at radius 3 is 2.68 bits per heavy atom. The summed E-state index contributed by atoms with van der Waals surface area (Å²) < 4.78 is 0. The maximum atomic E-state index is 11.8. The quantitative estimate of drug-likeness (QED) is 0.630. The molecule has 0 aliphatic heterocycles. The smallest absolute Gasteiger partial charge is 0.276 e. The van der Waals surface area contributed by atoms with Gasteiger partial charge in [-0.25, -0.2) is 0 Å². The number of aromatic nitrogens is 2. The number of amides is 1. The number of non-ortho nitro benzene ring substituents is 1. The van der Waals surface area contributed by atoms with Gasteiger partial charge in [-0.3, -0.25) is 14.9 Å². The molecule has 1 aromatic heterocycles. The molecule has 0 fully saturated rings.